The quantitative estimate of drug-likeness (QED) is 0.467. The summed E-state index contributed by atoms with van der Waals surface area (Å²) in [6, 6.07) is 1.91. The summed E-state index contributed by atoms with van der Waals surface area (Å²) < 4.78 is 6.82. The number of rotatable bonds is 6. The van der Waals surface area contributed by atoms with Gasteiger partial charge >= 0.3 is 5.97 Å². The number of fused-ring (bicyclic) bond motifs is 1. The highest BCUT2D eigenvalue weighted by molar-refractivity contribution is 7.80. The third kappa shape index (κ3) is 3.76. The highest BCUT2D eigenvalue weighted by Gasteiger charge is 2.27. The SMILES string of the molecule is COC(=O)c1c(NC(=S)NCCCn2cccn2)sc2c1CCC2. The fraction of sp³-hybridized carbons (Fsp3) is 0.438. The first-order valence-corrected chi connectivity index (χ1v) is 9.16. The average molecular weight is 364 g/mol. The molecule has 0 bridgehead atoms. The van der Waals surface area contributed by atoms with Crippen molar-refractivity contribution in [2.75, 3.05) is 19.0 Å². The largest absolute Gasteiger partial charge is 0.465 e. The van der Waals surface area contributed by atoms with E-state index in [0.29, 0.717) is 10.7 Å². The van der Waals surface area contributed by atoms with Crippen LogP contribution in [0.4, 0.5) is 5.00 Å². The number of aromatic nitrogens is 2. The maximum atomic E-state index is 12.1. The second-order valence-electron chi connectivity index (χ2n) is 5.56. The summed E-state index contributed by atoms with van der Waals surface area (Å²) in [5.74, 6) is -0.293. The molecule has 2 aromatic rings. The van der Waals surface area contributed by atoms with Crippen LogP contribution in [0, 0.1) is 0 Å². The number of ether oxygens (including phenoxy) is 1. The summed E-state index contributed by atoms with van der Waals surface area (Å²) in [6.45, 7) is 1.58. The van der Waals surface area contributed by atoms with Crippen molar-refractivity contribution in [3.63, 3.8) is 0 Å². The van der Waals surface area contributed by atoms with Gasteiger partial charge in [-0.3, -0.25) is 4.68 Å². The van der Waals surface area contributed by atoms with E-state index in [1.54, 1.807) is 17.5 Å². The van der Waals surface area contributed by atoms with E-state index in [9.17, 15) is 4.79 Å². The lowest BCUT2D eigenvalue weighted by Crippen LogP contribution is -2.30. The number of carbonyl (C=O) groups excluding carboxylic acids is 1. The molecule has 6 nitrogen and oxygen atoms in total. The molecule has 2 N–H and O–H groups in total. The van der Waals surface area contributed by atoms with Crippen LogP contribution in [0.15, 0.2) is 18.5 Å². The molecule has 3 rings (SSSR count). The van der Waals surface area contributed by atoms with Crippen LogP contribution < -0.4 is 10.6 Å². The fourth-order valence-corrected chi connectivity index (χ4v) is 4.38. The minimum absolute atomic E-state index is 0.293. The van der Waals surface area contributed by atoms with Gasteiger partial charge < -0.3 is 15.4 Å². The van der Waals surface area contributed by atoms with E-state index in [2.05, 4.69) is 15.7 Å². The smallest absolute Gasteiger partial charge is 0.341 e. The van der Waals surface area contributed by atoms with Gasteiger partial charge in [-0.25, -0.2) is 4.79 Å². The molecular formula is C16H20N4O2S2. The van der Waals surface area contributed by atoms with Crippen molar-refractivity contribution < 1.29 is 9.53 Å². The van der Waals surface area contributed by atoms with Gasteiger partial charge in [0.05, 0.1) is 12.7 Å². The maximum absolute atomic E-state index is 12.1. The summed E-state index contributed by atoms with van der Waals surface area (Å²) in [6.07, 6.45) is 7.67. The molecule has 0 radical (unpaired) electrons. The maximum Gasteiger partial charge on any atom is 0.341 e. The van der Waals surface area contributed by atoms with Gasteiger partial charge in [-0.15, -0.1) is 11.3 Å². The first-order valence-electron chi connectivity index (χ1n) is 7.94. The molecule has 0 saturated heterocycles. The zero-order chi connectivity index (χ0) is 16.9. The molecule has 0 unspecified atom stereocenters. The number of thiophene rings is 1. The van der Waals surface area contributed by atoms with Crippen LogP contribution in [0.25, 0.3) is 0 Å². The van der Waals surface area contributed by atoms with Gasteiger partial charge in [-0.1, -0.05) is 0 Å². The number of carbonyl (C=O) groups is 1. The van der Waals surface area contributed by atoms with Crippen molar-refractivity contribution in [1.29, 1.82) is 0 Å². The second kappa shape index (κ2) is 7.76. The van der Waals surface area contributed by atoms with Gasteiger partial charge in [-0.05, 0) is 49.5 Å². The molecular weight excluding hydrogens is 344 g/mol. The highest BCUT2D eigenvalue weighted by atomic mass is 32.1. The van der Waals surface area contributed by atoms with Gasteiger partial charge in [0.1, 0.15) is 5.00 Å². The molecule has 0 spiro atoms. The summed E-state index contributed by atoms with van der Waals surface area (Å²) in [5, 5.41) is 11.8. The van der Waals surface area contributed by atoms with Gasteiger partial charge in [0.25, 0.3) is 0 Å². The van der Waals surface area contributed by atoms with E-state index >= 15 is 0 Å². The summed E-state index contributed by atoms with van der Waals surface area (Å²) in [7, 11) is 1.41. The average Bonchev–Trinajstić information content (AvgIpc) is 3.28. The fourth-order valence-electron chi connectivity index (χ4n) is 2.83. The topological polar surface area (TPSA) is 68.2 Å². The lowest BCUT2D eigenvalue weighted by molar-refractivity contribution is 0.0601. The molecule has 24 heavy (non-hydrogen) atoms. The zero-order valence-electron chi connectivity index (χ0n) is 13.5. The van der Waals surface area contributed by atoms with Crippen molar-refractivity contribution >= 4 is 39.6 Å². The van der Waals surface area contributed by atoms with E-state index in [1.807, 2.05) is 16.9 Å². The summed E-state index contributed by atoms with van der Waals surface area (Å²) in [4.78, 5) is 13.4. The number of hydrogen-bond donors (Lipinski definition) is 2. The molecule has 128 valence electrons. The van der Waals surface area contributed by atoms with Crippen molar-refractivity contribution in [2.45, 2.75) is 32.2 Å². The Balaban J connectivity index is 1.55. The number of thiocarbonyl (C=S) groups is 1. The van der Waals surface area contributed by atoms with E-state index in [-0.39, 0.29) is 5.97 Å². The molecule has 1 aliphatic rings. The van der Waals surface area contributed by atoms with E-state index in [4.69, 9.17) is 17.0 Å². The molecule has 2 heterocycles. The van der Waals surface area contributed by atoms with Gasteiger partial charge in [0.2, 0.25) is 0 Å². The first kappa shape index (κ1) is 16.9. The molecule has 2 aromatic heterocycles. The summed E-state index contributed by atoms with van der Waals surface area (Å²) >= 11 is 6.95. The standard InChI is InChI=1S/C16H20N4O2S2/c1-22-15(21)13-11-5-2-6-12(11)24-14(13)19-16(23)17-7-3-9-20-10-4-8-18-20/h4,8,10H,2-3,5-7,9H2,1H3,(H2,17,19,23). The Morgan fingerprint density at radius 3 is 3.12 bits per heavy atom. The number of methoxy groups -OCH3 is 1. The molecule has 0 aliphatic heterocycles. The minimum atomic E-state index is -0.293. The van der Waals surface area contributed by atoms with E-state index < -0.39 is 0 Å². The number of anilines is 1. The predicted molar refractivity (Wildman–Crippen MR) is 98.8 cm³/mol. The van der Waals surface area contributed by atoms with E-state index in [0.717, 1.165) is 49.3 Å². The highest BCUT2D eigenvalue weighted by Crippen LogP contribution is 2.39. The van der Waals surface area contributed by atoms with Crippen LogP contribution in [0.3, 0.4) is 0 Å². The second-order valence-corrected chi connectivity index (χ2v) is 7.07. The van der Waals surface area contributed by atoms with E-state index in [1.165, 1.54) is 12.0 Å². The lowest BCUT2D eigenvalue weighted by atomic mass is 10.1. The Bertz CT molecular complexity index is 725. The van der Waals surface area contributed by atoms with Crippen molar-refractivity contribution in [2.24, 2.45) is 0 Å². The number of esters is 1. The normalized spacial score (nSPS) is 12.7. The van der Waals surface area contributed by atoms with Crippen LogP contribution in [0.5, 0.6) is 0 Å². The Hall–Kier alpha value is -1.93. The van der Waals surface area contributed by atoms with Crippen molar-refractivity contribution in [3.8, 4) is 0 Å². The number of aryl methyl sites for hydroxylation is 2. The van der Waals surface area contributed by atoms with Gasteiger partial charge in [-0.2, -0.15) is 5.10 Å². The molecule has 0 aromatic carbocycles. The molecule has 0 amide bonds. The Kier molecular flexibility index (Phi) is 5.47. The molecule has 8 heteroatoms. The van der Waals surface area contributed by atoms with Crippen molar-refractivity contribution in [1.82, 2.24) is 15.1 Å². The molecule has 0 fully saturated rings. The predicted octanol–water partition coefficient (Wildman–Crippen LogP) is 2.60. The monoisotopic (exact) mass is 364 g/mol. The Labute approximate surface area is 150 Å². The number of nitrogens with zero attached hydrogens (tertiary/aromatic N) is 2. The van der Waals surface area contributed by atoms with Crippen LogP contribution in [0.1, 0.15) is 33.6 Å². The van der Waals surface area contributed by atoms with Crippen LogP contribution in [0.2, 0.25) is 0 Å². The molecule has 1 aliphatic carbocycles. The first-order chi connectivity index (χ1) is 11.7. The zero-order valence-corrected chi connectivity index (χ0v) is 15.1. The van der Waals surface area contributed by atoms with Crippen molar-refractivity contribution in [3.05, 3.63) is 34.5 Å². The van der Waals surface area contributed by atoms with Crippen LogP contribution in [-0.2, 0) is 24.1 Å². The van der Waals surface area contributed by atoms with Gasteiger partial charge in [0, 0.05) is 30.4 Å². The minimum Gasteiger partial charge on any atom is -0.465 e. The molecule has 0 saturated carbocycles. The third-order valence-corrected chi connectivity index (χ3v) is 5.40. The summed E-state index contributed by atoms with van der Waals surface area (Å²) in [5.41, 5.74) is 1.77. The Morgan fingerprint density at radius 2 is 2.38 bits per heavy atom. The van der Waals surface area contributed by atoms with Crippen LogP contribution in [-0.4, -0.2) is 34.5 Å². The number of nitrogens with one attached hydrogen (secondary N) is 2. The Morgan fingerprint density at radius 1 is 1.50 bits per heavy atom. The number of hydrogen-bond acceptors (Lipinski definition) is 5. The lowest BCUT2D eigenvalue weighted by Gasteiger charge is -2.11. The van der Waals surface area contributed by atoms with Gasteiger partial charge in [0.15, 0.2) is 5.11 Å². The molecule has 0 atom stereocenters. The third-order valence-electron chi connectivity index (χ3n) is 3.95. The van der Waals surface area contributed by atoms with Crippen LogP contribution >= 0.6 is 23.6 Å².